The fourth-order valence-electron chi connectivity index (χ4n) is 2.09. The fourth-order valence-corrected chi connectivity index (χ4v) is 2.09. The van der Waals surface area contributed by atoms with Gasteiger partial charge in [0.15, 0.2) is 0 Å². The topological polar surface area (TPSA) is 50.4 Å². The summed E-state index contributed by atoms with van der Waals surface area (Å²) in [7, 11) is 0. The molecule has 1 atom stereocenters. The minimum Gasteiger partial charge on any atom is -0.445 e. The number of amides is 1. The van der Waals surface area contributed by atoms with Gasteiger partial charge in [-0.1, -0.05) is 30.3 Å². The number of ether oxygens (including phenoxy) is 1. The predicted octanol–water partition coefficient (Wildman–Crippen LogP) is 2.58. The Balaban J connectivity index is 0.00000220. The predicted molar refractivity (Wildman–Crippen MR) is 77.8 cm³/mol. The molecule has 7 heteroatoms. The number of hydrogen-bond donors (Lipinski definition) is 2. The number of piperidine rings is 1. The molecule has 0 radical (unpaired) electrons. The highest BCUT2D eigenvalue weighted by molar-refractivity contribution is 5.85. The zero-order valence-corrected chi connectivity index (χ0v) is 12.3. The first-order valence-corrected chi connectivity index (χ1v) is 6.61. The van der Waals surface area contributed by atoms with E-state index in [2.05, 4.69) is 10.6 Å². The first-order valence-electron chi connectivity index (χ1n) is 6.61. The third-order valence-electron chi connectivity index (χ3n) is 3.33. The molecule has 1 fully saturated rings. The second-order valence-electron chi connectivity index (χ2n) is 4.85. The molecule has 1 saturated heterocycles. The molecule has 1 unspecified atom stereocenters. The highest BCUT2D eigenvalue weighted by Crippen LogP contribution is 2.29. The third kappa shape index (κ3) is 5.47. The van der Waals surface area contributed by atoms with E-state index in [9.17, 15) is 13.6 Å². The van der Waals surface area contributed by atoms with E-state index in [1.54, 1.807) is 0 Å². The lowest BCUT2D eigenvalue weighted by atomic mass is 9.95. The molecule has 2 rings (SSSR count). The van der Waals surface area contributed by atoms with Crippen molar-refractivity contribution < 1.29 is 18.3 Å². The highest BCUT2D eigenvalue weighted by Gasteiger charge is 2.41. The Labute approximate surface area is 128 Å². The van der Waals surface area contributed by atoms with Gasteiger partial charge >= 0.3 is 6.09 Å². The maximum Gasteiger partial charge on any atom is 0.407 e. The first kappa shape index (κ1) is 17.7. The number of hydrogen-bond acceptors (Lipinski definition) is 3. The lowest BCUT2D eigenvalue weighted by Crippen LogP contribution is -2.49. The van der Waals surface area contributed by atoms with E-state index < -0.39 is 17.9 Å². The van der Waals surface area contributed by atoms with Gasteiger partial charge in [0, 0.05) is 26.1 Å². The van der Waals surface area contributed by atoms with Gasteiger partial charge in [0.05, 0.1) is 5.92 Å². The highest BCUT2D eigenvalue weighted by atomic mass is 35.5. The molecule has 2 N–H and O–H groups in total. The van der Waals surface area contributed by atoms with Crippen molar-refractivity contribution in [3.63, 3.8) is 0 Å². The molecule has 21 heavy (non-hydrogen) atoms. The largest absolute Gasteiger partial charge is 0.445 e. The van der Waals surface area contributed by atoms with Crippen molar-refractivity contribution in [2.45, 2.75) is 19.0 Å². The van der Waals surface area contributed by atoms with Crippen LogP contribution in [-0.4, -0.2) is 31.7 Å². The van der Waals surface area contributed by atoms with Crippen LogP contribution in [0.25, 0.3) is 0 Å². The van der Waals surface area contributed by atoms with Crippen molar-refractivity contribution in [2.75, 3.05) is 19.6 Å². The number of rotatable bonds is 4. The standard InChI is InChI=1S/C14H18F2N2O2.ClH/c15-14(16)6-7-17-8-12(14)9-18-13(19)20-10-11-4-2-1-3-5-11;/h1-5,12,17H,6-10H2,(H,18,19);1H. The number of carbonyl (C=O) groups excluding carboxylic acids is 1. The molecule has 4 nitrogen and oxygen atoms in total. The van der Waals surface area contributed by atoms with Crippen molar-refractivity contribution in [1.29, 1.82) is 0 Å². The van der Waals surface area contributed by atoms with E-state index in [4.69, 9.17) is 4.74 Å². The molecule has 0 spiro atoms. The van der Waals surface area contributed by atoms with E-state index in [-0.39, 0.29) is 38.5 Å². The van der Waals surface area contributed by atoms with E-state index in [0.717, 1.165) is 5.56 Å². The quantitative estimate of drug-likeness (QED) is 0.896. The van der Waals surface area contributed by atoms with Crippen LogP contribution in [-0.2, 0) is 11.3 Å². The zero-order chi connectivity index (χ0) is 14.4. The monoisotopic (exact) mass is 320 g/mol. The van der Waals surface area contributed by atoms with Crippen LogP contribution in [0, 0.1) is 5.92 Å². The Kier molecular flexibility index (Phi) is 6.84. The number of alkyl carbamates (subject to hydrolysis) is 1. The Hall–Kier alpha value is -1.40. The van der Waals surface area contributed by atoms with Crippen LogP contribution in [0.4, 0.5) is 13.6 Å². The molecule has 1 aromatic carbocycles. The molecule has 1 aromatic rings. The molecule has 1 aliphatic heterocycles. The summed E-state index contributed by atoms with van der Waals surface area (Å²) in [4.78, 5) is 11.5. The van der Waals surface area contributed by atoms with Crippen molar-refractivity contribution in [3.8, 4) is 0 Å². The summed E-state index contributed by atoms with van der Waals surface area (Å²) in [6, 6.07) is 9.19. The van der Waals surface area contributed by atoms with E-state index >= 15 is 0 Å². The van der Waals surface area contributed by atoms with Crippen LogP contribution >= 0.6 is 12.4 Å². The SMILES string of the molecule is Cl.O=C(NCC1CNCCC1(F)F)OCc1ccccc1. The molecular weight excluding hydrogens is 302 g/mol. The van der Waals surface area contributed by atoms with Gasteiger partial charge in [-0.05, 0) is 5.56 Å². The van der Waals surface area contributed by atoms with Crippen molar-refractivity contribution in [2.24, 2.45) is 5.92 Å². The van der Waals surface area contributed by atoms with E-state index in [0.29, 0.717) is 6.54 Å². The fraction of sp³-hybridized carbons (Fsp3) is 0.500. The second-order valence-corrected chi connectivity index (χ2v) is 4.85. The molecule has 0 bridgehead atoms. The van der Waals surface area contributed by atoms with Gasteiger partial charge in [0.2, 0.25) is 0 Å². The number of nitrogens with one attached hydrogen (secondary N) is 2. The molecule has 0 saturated carbocycles. The zero-order valence-electron chi connectivity index (χ0n) is 11.5. The van der Waals surface area contributed by atoms with Crippen molar-refractivity contribution in [3.05, 3.63) is 35.9 Å². The maximum absolute atomic E-state index is 13.5. The molecule has 0 aromatic heterocycles. The van der Waals surface area contributed by atoms with Gasteiger partial charge in [0.25, 0.3) is 5.92 Å². The lowest BCUT2D eigenvalue weighted by molar-refractivity contribution is -0.0764. The second kappa shape index (κ2) is 8.14. The van der Waals surface area contributed by atoms with Gasteiger partial charge in [-0.15, -0.1) is 12.4 Å². The summed E-state index contributed by atoms with van der Waals surface area (Å²) in [6.07, 6.45) is -0.867. The number of alkyl halides is 2. The normalized spacial score (nSPS) is 20.2. The van der Waals surface area contributed by atoms with E-state index in [1.807, 2.05) is 30.3 Å². The van der Waals surface area contributed by atoms with Gasteiger partial charge in [-0.2, -0.15) is 0 Å². The first-order chi connectivity index (χ1) is 9.58. The summed E-state index contributed by atoms with van der Waals surface area (Å²) < 4.78 is 32.0. The minimum atomic E-state index is -2.74. The maximum atomic E-state index is 13.5. The van der Waals surface area contributed by atoms with Crippen LogP contribution in [0.1, 0.15) is 12.0 Å². The Morgan fingerprint density at radius 2 is 2.10 bits per heavy atom. The summed E-state index contributed by atoms with van der Waals surface area (Å²) in [5.74, 6) is -3.63. The van der Waals surface area contributed by atoms with Crippen LogP contribution in [0.15, 0.2) is 30.3 Å². The summed E-state index contributed by atoms with van der Waals surface area (Å²) >= 11 is 0. The number of benzene rings is 1. The Morgan fingerprint density at radius 3 is 2.76 bits per heavy atom. The van der Waals surface area contributed by atoms with Gasteiger partial charge in [-0.25, -0.2) is 13.6 Å². The smallest absolute Gasteiger partial charge is 0.407 e. The average Bonchev–Trinajstić information content (AvgIpc) is 2.44. The average molecular weight is 321 g/mol. The van der Waals surface area contributed by atoms with Crippen LogP contribution in [0.3, 0.4) is 0 Å². The van der Waals surface area contributed by atoms with Crippen molar-refractivity contribution >= 4 is 18.5 Å². The Morgan fingerprint density at radius 1 is 1.38 bits per heavy atom. The molecule has 118 valence electrons. The van der Waals surface area contributed by atoms with Crippen LogP contribution in [0.2, 0.25) is 0 Å². The molecule has 0 aliphatic carbocycles. The molecule has 1 aliphatic rings. The Bertz CT molecular complexity index is 446. The van der Waals surface area contributed by atoms with Crippen LogP contribution < -0.4 is 10.6 Å². The molecule has 1 heterocycles. The number of carbonyl (C=O) groups is 1. The van der Waals surface area contributed by atoms with Gasteiger partial charge in [-0.3, -0.25) is 0 Å². The summed E-state index contributed by atoms with van der Waals surface area (Å²) in [5, 5.41) is 5.30. The number of halogens is 3. The molecular formula is C14H19ClF2N2O2. The third-order valence-corrected chi connectivity index (χ3v) is 3.33. The van der Waals surface area contributed by atoms with E-state index in [1.165, 1.54) is 0 Å². The molecule has 1 amide bonds. The lowest BCUT2D eigenvalue weighted by Gasteiger charge is -2.31. The van der Waals surface area contributed by atoms with Crippen LogP contribution in [0.5, 0.6) is 0 Å². The minimum absolute atomic E-state index is 0. The van der Waals surface area contributed by atoms with Gasteiger partial charge in [0.1, 0.15) is 6.61 Å². The van der Waals surface area contributed by atoms with Crippen molar-refractivity contribution in [1.82, 2.24) is 10.6 Å². The van der Waals surface area contributed by atoms with Gasteiger partial charge < -0.3 is 15.4 Å². The summed E-state index contributed by atoms with van der Waals surface area (Å²) in [5.41, 5.74) is 0.854. The summed E-state index contributed by atoms with van der Waals surface area (Å²) in [6.45, 7) is 0.549.